The maximum Gasteiger partial charge on any atom is 0.234 e. The van der Waals surface area contributed by atoms with Crippen molar-refractivity contribution in [1.82, 2.24) is 10.2 Å². The Morgan fingerprint density at radius 3 is 2.62 bits per heavy atom. The number of hydrogen-bond donors (Lipinski definition) is 2. The number of nitrogens with one attached hydrogen (secondary N) is 1. The van der Waals surface area contributed by atoms with Gasteiger partial charge in [-0.2, -0.15) is 0 Å². The van der Waals surface area contributed by atoms with Crippen LogP contribution in [-0.2, 0) is 4.79 Å². The molecule has 4 heteroatoms. The third-order valence-corrected chi connectivity index (χ3v) is 2.98. The Bertz CT molecular complexity index is 212. The molecule has 1 unspecified atom stereocenters. The molecule has 0 bridgehead atoms. The van der Waals surface area contributed by atoms with Gasteiger partial charge >= 0.3 is 0 Å². The Morgan fingerprint density at radius 2 is 2.06 bits per heavy atom. The summed E-state index contributed by atoms with van der Waals surface area (Å²) in [4.78, 5) is 13.7. The van der Waals surface area contributed by atoms with Crippen molar-refractivity contribution in [3.8, 4) is 0 Å². The van der Waals surface area contributed by atoms with Gasteiger partial charge in [0.2, 0.25) is 5.91 Å². The highest BCUT2D eigenvalue weighted by molar-refractivity contribution is 5.78. The van der Waals surface area contributed by atoms with Crippen LogP contribution in [0, 0.1) is 0 Å². The summed E-state index contributed by atoms with van der Waals surface area (Å²) in [5.41, 5.74) is 5.68. The number of hydrogen-bond acceptors (Lipinski definition) is 3. The highest BCUT2D eigenvalue weighted by Crippen LogP contribution is 2.17. The van der Waals surface area contributed by atoms with Crippen LogP contribution < -0.4 is 11.1 Å². The van der Waals surface area contributed by atoms with Crippen LogP contribution in [0.25, 0.3) is 0 Å². The molecule has 3 N–H and O–H groups in total. The van der Waals surface area contributed by atoms with Crippen molar-refractivity contribution < 1.29 is 4.79 Å². The van der Waals surface area contributed by atoms with Gasteiger partial charge in [0.1, 0.15) is 0 Å². The molecular weight excluding hydrogens is 202 g/mol. The molecule has 0 radical (unpaired) electrons. The highest BCUT2D eigenvalue weighted by Gasteiger charge is 2.16. The summed E-state index contributed by atoms with van der Waals surface area (Å²) >= 11 is 0. The van der Waals surface area contributed by atoms with Gasteiger partial charge in [0.15, 0.2) is 0 Å². The highest BCUT2D eigenvalue weighted by atomic mass is 16.2. The molecule has 16 heavy (non-hydrogen) atoms. The van der Waals surface area contributed by atoms with Gasteiger partial charge in [0, 0.05) is 18.6 Å². The fourth-order valence-electron chi connectivity index (χ4n) is 2.32. The molecule has 94 valence electrons. The van der Waals surface area contributed by atoms with Crippen molar-refractivity contribution in [1.29, 1.82) is 0 Å². The first kappa shape index (κ1) is 13.5. The second-order valence-electron chi connectivity index (χ2n) is 5.08. The van der Waals surface area contributed by atoms with E-state index in [-0.39, 0.29) is 11.9 Å². The minimum atomic E-state index is 0.118. The lowest BCUT2D eigenvalue weighted by molar-refractivity contribution is -0.122. The van der Waals surface area contributed by atoms with Crippen molar-refractivity contribution in [2.45, 2.75) is 51.1 Å². The number of amides is 1. The number of carbonyl (C=O) groups is 1. The van der Waals surface area contributed by atoms with E-state index in [2.05, 4.69) is 5.32 Å². The van der Waals surface area contributed by atoms with Gasteiger partial charge in [-0.05, 0) is 26.8 Å². The summed E-state index contributed by atoms with van der Waals surface area (Å²) in [7, 11) is 1.93. The molecule has 1 atom stereocenters. The van der Waals surface area contributed by atoms with Crippen molar-refractivity contribution in [2.24, 2.45) is 5.73 Å². The fourth-order valence-corrected chi connectivity index (χ4v) is 2.32. The van der Waals surface area contributed by atoms with Crippen LogP contribution >= 0.6 is 0 Å². The van der Waals surface area contributed by atoms with E-state index in [9.17, 15) is 4.79 Å². The smallest absolute Gasteiger partial charge is 0.234 e. The lowest BCUT2D eigenvalue weighted by atomic mass is 9.95. The van der Waals surface area contributed by atoms with E-state index in [0.29, 0.717) is 12.6 Å². The SMILES string of the molecule is CC(N)CN(C)CC(=O)NC1CCCCC1. The molecule has 1 fully saturated rings. The first-order valence-electron chi connectivity index (χ1n) is 6.31. The van der Waals surface area contributed by atoms with E-state index < -0.39 is 0 Å². The third-order valence-electron chi connectivity index (χ3n) is 2.98. The van der Waals surface area contributed by atoms with Gasteiger partial charge in [-0.25, -0.2) is 0 Å². The minimum absolute atomic E-state index is 0.118. The van der Waals surface area contributed by atoms with Gasteiger partial charge in [-0.1, -0.05) is 19.3 Å². The quantitative estimate of drug-likeness (QED) is 0.727. The molecule has 0 heterocycles. The monoisotopic (exact) mass is 227 g/mol. The van der Waals surface area contributed by atoms with Crippen LogP contribution in [0.4, 0.5) is 0 Å². The minimum Gasteiger partial charge on any atom is -0.352 e. The van der Waals surface area contributed by atoms with Gasteiger partial charge in [-0.15, -0.1) is 0 Å². The molecule has 0 aromatic rings. The summed E-state index contributed by atoms with van der Waals surface area (Å²) in [6.45, 7) is 3.17. The Hall–Kier alpha value is -0.610. The molecule has 1 saturated carbocycles. The number of carbonyl (C=O) groups excluding carboxylic acids is 1. The van der Waals surface area contributed by atoms with Gasteiger partial charge in [0.05, 0.1) is 6.54 Å². The van der Waals surface area contributed by atoms with Gasteiger partial charge in [0.25, 0.3) is 0 Å². The van der Waals surface area contributed by atoms with Crippen molar-refractivity contribution in [2.75, 3.05) is 20.1 Å². The fraction of sp³-hybridized carbons (Fsp3) is 0.917. The number of nitrogens with zero attached hydrogens (tertiary/aromatic N) is 1. The topological polar surface area (TPSA) is 58.4 Å². The van der Waals surface area contributed by atoms with E-state index in [1.165, 1.54) is 19.3 Å². The Labute approximate surface area is 98.6 Å². The molecule has 1 aliphatic carbocycles. The third kappa shape index (κ3) is 5.47. The lowest BCUT2D eigenvalue weighted by Crippen LogP contribution is -2.44. The summed E-state index contributed by atoms with van der Waals surface area (Å²) in [5, 5.41) is 3.10. The molecule has 0 spiro atoms. The average molecular weight is 227 g/mol. The molecular formula is C12H25N3O. The number of likely N-dealkylation sites (N-methyl/N-ethyl adjacent to an activating group) is 1. The maximum absolute atomic E-state index is 11.7. The molecule has 1 rings (SSSR count). The van der Waals surface area contributed by atoms with Crippen LogP contribution in [0.1, 0.15) is 39.0 Å². The first-order valence-corrected chi connectivity index (χ1v) is 6.31. The summed E-state index contributed by atoms with van der Waals surface area (Å²) in [6, 6.07) is 0.525. The average Bonchev–Trinajstić information content (AvgIpc) is 2.17. The standard InChI is InChI=1S/C12H25N3O/c1-10(13)8-15(2)9-12(16)14-11-6-4-3-5-7-11/h10-11H,3-9,13H2,1-2H3,(H,14,16). The van der Waals surface area contributed by atoms with E-state index in [1.807, 2.05) is 18.9 Å². The van der Waals surface area contributed by atoms with E-state index >= 15 is 0 Å². The number of rotatable bonds is 5. The van der Waals surface area contributed by atoms with E-state index in [4.69, 9.17) is 5.73 Å². The van der Waals surface area contributed by atoms with E-state index in [1.54, 1.807) is 0 Å². The predicted octanol–water partition coefficient (Wildman–Crippen LogP) is 0.714. The van der Waals surface area contributed by atoms with Crippen molar-refractivity contribution in [3.05, 3.63) is 0 Å². The molecule has 0 aromatic carbocycles. The zero-order chi connectivity index (χ0) is 12.0. The zero-order valence-electron chi connectivity index (χ0n) is 10.5. The Kier molecular flexibility index (Phi) is 5.77. The second kappa shape index (κ2) is 6.86. The van der Waals surface area contributed by atoms with Crippen LogP contribution in [-0.4, -0.2) is 43.0 Å². The molecule has 0 aromatic heterocycles. The Morgan fingerprint density at radius 1 is 1.44 bits per heavy atom. The molecule has 1 amide bonds. The van der Waals surface area contributed by atoms with E-state index in [0.717, 1.165) is 19.4 Å². The molecule has 4 nitrogen and oxygen atoms in total. The predicted molar refractivity (Wildman–Crippen MR) is 66.2 cm³/mol. The first-order chi connectivity index (χ1) is 7.58. The zero-order valence-corrected chi connectivity index (χ0v) is 10.5. The van der Waals surface area contributed by atoms with Gasteiger partial charge < -0.3 is 11.1 Å². The largest absolute Gasteiger partial charge is 0.352 e. The van der Waals surface area contributed by atoms with Crippen molar-refractivity contribution >= 4 is 5.91 Å². The normalized spacial score (nSPS) is 19.8. The summed E-state index contributed by atoms with van der Waals surface area (Å²) in [5.74, 6) is 0.134. The molecule has 0 aliphatic heterocycles. The van der Waals surface area contributed by atoms with Crippen molar-refractivity contribution in [3.63, 3.8) is 0 Å². The Balaban J connectivity index is 2.18. The molecule has 0 saturated heterocycles. The summed E-state index contributed by atoms with van der Waals surface area (Å²) < 4.78 is 0. The number of nitrogens with two attached hydrogens (primary N) is 1. The maximum atomic E-state index is 11.7. The second-order valence-corrected chi connectivity index (χ2v) is 5.08. The van der Waals surface area contributed by atoms with Crippen LogP contribution in [0.2, 0.25) is 0 Å². The molecule has 1 aliphatic rings. The van der Waals surface area contributed by atoms with Crippen LogP contribution in [0.3, 0.4) is 0 Å². The lowest BCUT2D eigenvalue weighted by Gasteiger charge is -2.24. The van der Waals surface area contributed by atoms with Crippen LogP contribution in [0.15, 0.2) is 0 Å². The summed E-state index contributed by atoms with van der Waals surface area (Å²) in [6.07, 6.45) is 6.10. The van der Waals surface area contributed by atoms with Gasteiger partial charge in [-0.3, -0.25) is 9.69 Å². The van der Waals surface area contributed by atoms with Crippen LogP contribution in [0.5, 0.6) is 0 Å².